The van der Waals surface area contributed by atoms with Crippen LogP contribution >= 0.6 is 0 Å². The molecule has 0 radical (unpaired) electrons. The molecule has 5 aromatic carbocycles. The Hall–Kier alpha value is -5.41. The lowest BCUT2D eigenvalue weighted by Gasteiger charge is -2.24. The molecule has 0 atom stereocenters. The van der Waals surface area contributed by atoms with E-state index in [1.165, 1.54) is 12.1 Å². The highest BCUT2D eigenvalue weighted by atomic mass is 32.2. The Bertz CT molecular complexity index is 1780. The summed E-state index contributed by atoms with van der Waals surface area (Å²) in [4.78, 5) is 26.4. The molecule has 0 saturated carbocycles. The van der Waals surface area contributed by atoms with E-state index in [1.54, 1.807) is 66.7 Å². The molecular formula is C34H29N3O5S. The molecular weight excluding hydrogens is 562 g/mol. The van der Waals surface area contributed by atoms with Crippen molar-refractivity contribution < 1.29 is 22.7 Å². The lowest BCUT2D eigenvalue weighted by Crippen LogP contribution is -2.38. The van der Waals surface area contributed by atoms with Crippen molar-refractivity contribution in [3.8, 4) is 11.5 Å². The summed E-state index contributed by atoms with van der Waals surface area (Å²) in [5.74, 6) is 0.150. The van der Waals surface area contributed by atoms with E-state index in [0.29, 0.717) is 18.0 Å². The summed E-state index contributed by atoms with van der Waals surface area (Å²) < 4.78 is 34.4. The smallest absolute Gasteiger partial charge is 0.264 e. The molecule has 0 aliphatic rings. The highest BCUT2D eigenvalue weighted by Gasteiger charge is 2.27. The monoisotopic (exact) mass is 591 g/mol. The van der Waals surface area contributed by atoms with Crippen molar-refractivity contribution in [2.45, 2.75) is 11.4 Å². The van der Waals surface area contributed by atoms with Gasteiger partial charge in [-0.05, 0) is 66.2 Å². The second kappa shape index (κ2) is 13.5. The van der Waals surface area contributed by atoms with Gasteiger partial charge in [-0.2, -0.15) is 0 Å². The third-order valence-corrected chi connectivity index (χ3v) is 8.25. The predicted molar refractivity (Wildman–Crippen MR) is 167 cm³/mol. The van der Waals surface area contributed by atoms with Gasteiger partial charge in [0.25, 0.3) is 15.9 Å². The first-order chi connectivity index (χ1) is 20.9. The zero-order valence-electron chi connectivity index (χ0n) is 23.1. The van der Waals surface area contributed by atoms with Gasteiger partial charge in [-0.15, -0.1) is 0 Å². The van der Waals surface area contributed by atoms with Crippen LogP contribution in [-0.2, 0) is 21.4 Å². The van der Waals surface area contributed by atoms with Crippen molar-refractivity contribution in [1.29, 1.82) is 0 Å². The predicted octanol–water partition coefficient (Wildman–Crippen LogP) is 6.24. The number of sulfonamides is 1. The van der Waals surface area contributed by atoms with Gasteiger partial charge < -0.3 is 15.4 Å². The molecule has 2 N–H and O–H groups in total. The van der Waals surface area contributed by atoms with Crippen LogP contribution in [0.2, 0.25) is 0 Å². The summed E-state index contributed by atoms with van der Waals surface area (Å²) in [5, 5.41) is 5.58. The molecule has 0 aromatic heterocycles. The van der Waals surface area contributed by atoms with Crippen LogP contribution in [0.1, 0.15) is 15.9 Å². The molecule has 9 heteroatoms. The second-order valence-corrected chi connectivity index (χ2v) is 11.4. The van der Waals surface area contributed by atoms with Gasteiger partial charge >= 0.3 is 0 Å². The van der Waals surface area contributed by atoms with Crippen LogP contribution in [0.4, 0.5) is 11.4 Å². The number of hydrogen-bond acceptors (Lipinski definition) is 5. The molecule has 0 aliphatic heterocycles. The molecule has 8 nitrogen and oxygen atoms in total. The highest BCUT2D eigenvalue weighted by Crippen LogP contribution is 2.28. The minimum Gasteiger partial charge on any atom is -0.457 e. The van der Waals surface area contributed by atoms with Crippen LogP contribution in [0.25, 0.3) is 0 Å². The van der Waals surface area contributed by atoms with Gasteiger partial charge in [0.2, 0.25) is 5.91 Å². The maximum Gasteiger partial charge on any atom is 0.264 e. The number of hydrogen-bond donors (Lipinski definition) is 2. The standard InChI is InChI=1S/C34H29N3O5S/c38-33(36-32-19-11-10-18-31(32)34(39)35-24-26-12-4-1-5-13-26)25-37(43(40,41)30-16-8-3-9-17-30)27-20-22-29(23-21-27)42-28-14-6-2-7-15-28/h1-23H,24-25H2,(H,35,39)(H,36,38). The van der Waals surface area contributed by atoms with Crippen molar-refractivity contribution in [3.63, 3.8) is 0 Å². The van der Waals surface area contributed by atoms with Crippen LogP contribution in [0.15, 0.2) is 144 Å². The Morgan fingerprint density at radius 2 is 1.21 bits per heavy atom. The summed E-state index contributed by atoms with van der Waals surface area (Å²) in [7, 11) is -4.13. The number of carbonyl (C=O) groups excluding carboxylic acids is 2. The Balaban J connectivity index is 1.36. The molecule has 0 aliphatic carbocycles. The molecule has 0 heterocycles. The molecule has 43 heavy (non-hydrogen) atoms. The van der Waals surface area contributed by atoms with Crippen LogP contribution in [0.5, 0.6) is 11.5 Å². The average Bonchev–Trinajstić information content (AvgIpc) is 3.04. The Kier molecular flexibility index (Phi) is 9.14. The van der Waals surface area contributed by atoms with E-state index >= 15 is 0 Å². The van der Waals surface area contributed by atoms with E-state index in [9.17, 15) is 18.0 Å². The zero-order valence-corrected chi connectivity index (χ0v) is 23.9. The number of carbonyl (C=O) groups is 2. The maximum atomic E-state index is 13.7. The number of anilines is 2. The van der Waals surface area contributed by atoms with E-state index in [0.717, 1.165) is 9.87 Å². The van der Waals surface area contributed by atoms with Gasteiger partial charge in [0.1, 0.15) is 18.0 Å². The number of ether oxygens (including phenoxy) is 1. The molecule has 5 rings (SSSR count). The largest absolute Gasteiger partial charge is 0.457 e. The SMILES string of the molecule is O=C(CN(c1ccc(Oc2ccccc2)cc1)S(=O)(=O)c1ccccc1)Nc1ccccc1C(=O)NCc1ccccc1. The minimum atomic E-state index is -4.13. The second-order valence-electron chi connectivity index (χ2n) is 9.50. The summed E-state index contributed by atoms with van der Waals surface area (Å²) in [6.07, 6.45) is 0. The fraction of sp³-hybridized carbons (Fsp3) is 0.0588. The lowest BCUT2D eigenvalue weighted by atomic mass is 10.1. The number of para-hydroxylation sites is 2. The number of rotatable bonds is 11. The normalized spacial score (nSPS) is 10.9. The number of nitrogens with zero attached hydrogens (tertiary/aromatic N) is 1. The minimum absolute atomic E-state index is 0.0353. The van der Waals surface area contributed by atoms with Crippen LogP contribution in [-0.4, -0.2) is 26.8 Å². The van der Waals surface area contributed by atoms with Gasteiger partial charge in [0.05, 0.1) is 21.8 Å². The molecule has 0 bridgehead atoms. The molecule has 0 unspecified atom stereocenters. The fourth-order valence-electron chi connectivity index (χ4n) is 4.32. The Morgan fingerprint density at radius 1 is 0.651 bits per heavy atom. The first-order valence-electron chi connectivity index (χ1n) is 13.5. The molecule has 0 spiro atoms. The average molecular weight is 592 g/mol. The first-order valence-corrected chi connectivity index (χ1v) is 15.0. The Morgan fingerprint density at radius 3 is 1.88 bits per heavy atom. The van der Waals surface area contributed by atoms with Crippen LogP contribution in [0, 0.1) is 0 Å². The summed E-state index contributed by atoms with van der Waals surface area (Å²) in [5.41, 5.74) is 1.72. The number of amides is 2. The maximum absolute atomic E-state index is 13.7. The number of nitrogens with one attached hydrogen (secondary N) is 2. The van der Waals surface area contributed by atoms with E-state index < -0.39 is 22.5 Å². The highest BCUT2D eigenvalue weighted by molar-refractivity contribution is 7.92. The van der Waals surface area contributed by atoms with E-state index in [-0.39, 0.29) is 27.7 Å². The van der Waals surface area contributed by atoms with Gasteiger partial charge in [-0.1, -0.05) is 78.9 Å². The zero-order chi connectivity index (χ0) is 30.1. The van der Waals surface area contributed by atoms with Gasteiger partial charge in [-0.25, -0.2) is 8.42 Å². The molecule has 5 aromatic rings. The third-order valence-electron chi connectivity index (χ3n) is 6.46. The van der Waals surface area contributed by atoms with E-state index in [1.807, 2.05) is 60.7 Å². The van der Waals surface area contributed by atoms with E-state index in [2.05, 4.69) is 10.6 Å². The quantitative estimate of drug-likeness (QED) is 0.189. The van der Waals surface area contributed by atoms with Crippen LogP contribution < -0.4 is 19.7 Å². The van der Waals surface area contributed by atoms with Gasteiger partial charge in [0, 0.05) is 6.54 Å². The third kappa shape index (κ3) is 7.46. The molecule has 2 amide bonds. The lowest BCUT2D eigenvalue weighted by molar-refractivity contribution is -0.114. The summed E-state index contributed by atoms with van der Waals surface area (Å²) in [6, 6.07) is 39.6. The van der Waals surface area contributed by atoms with E-state index in [4.69, 9.17) is 4.74 Å². The van der Waals surface area contributed by atoms with Gasteiger partial charge in [0.15, 0.2) is 0 Å². The first kappa shape index (κ1) is 29.1. The van der Waals surface area contributed by atoms with Crippen molar-refractivity contribution in [3.05, 3.63) is 151 Å². The summed E-state index contributed by atoms with van der Waals surface area (Å²) >= 11 is 0. The van der Waals surface area contributed by atoms with Crippen molar-refractivity contribution in [1.82, 2.24) is 5.32 Å². The van der Waals surface area contributed by atoms with Crippen molar-refractivity contribution >= 4 is 33.2 Å². The molecule has 0 saturated heterocycles. The van der Waals surface area contributed by atoms with Crippen LogP contribution in [0.3, 0.4) is 0 Å². The van der Waals surface area contributed by atoms with Crippen molar-refractivity contribution in [2.75, 3.05) is 16.2 Å². The van der Waals surface area contributed by atoms with Crippen molar-refractivity contribution in [2.24, 2.45) is 0 Å². The Labute approximate surface area is 250 Å². The van der Waals surface area contributed by atoms with Gasteiger partial charge in [-0.3, -0.25) is 13.9 Å². The fourth-order valence-corrected chi connectivity index (χ4v) is 5.77. The number of benzene rings is 5. The molecule has 216 valence electrons. The topological polar surface area (TPSA) is 105 Å². The summed E-state index contributed by atoms with van der Waals surface area (Å²) in [6.45, 7) is -0.217. The molecule has 0 fully saturated rings.